The Labute approximate surface area is 191 Å². The lowest BCUT2D eigenvalue weighted by atomic mass is 9.68. The first-order valence-electron chi connectivity index (χ1n) is 10.4. The number of allylic oxidation sites excluding steroid dienone is 4. The van der Waals surface area contributed by atoms with E-state index >= 15 is 0 Å². The molecular weight excluding hydrogens is 432 g/mol. The lowest BCUT2D eigenvalue weighted by molar-refractivity contribution is -0.157. The van der Waals surface area contributed by atoms with Gasteiger partial charge in [-0.3, -0.25) is 14.4 Å². The maximum Gasteiger partial charge on any atom is 0.319 e. The van der Waals surface area contributed by atoms with Crippen molar-refractivity contribution in [1.29, 1.82) is 0 Å². The largest absolute Gasteiger partial charge is 0.511 e. The molecule has 8 heteroatoms. The number of carbonyl (C=O) groups excluding carboxylic acids is 2. The summed E-state index contributed by atoms with van der Waals surface area (Å²) in [6, 6.07) is 7.11. The molecule has 1 amide bonds. The second-order valence-corrected chi connectivity index (χ2v) is 9.78. The first-order chi connectivity index (χ1) is 14.9. The van der Waals surface area contributed by atoms with Gasteiger partial charge in [-0.1, -0.05) is 49.2 Å². The van der Waals surface area contributed by atoms with Crippen LogP contribution in [0.2, 0.25) is 5.02 Å². The summed E-state index contributed by atoms with van der Waals surface area (Å²) in [6.07, 6.45) is 3.52. The summed E-state index contributed by atoms with van der Waals surface area (Å²) in [4.78, 5) is 37.5. The summed E-state index contributed by atoms with van der Waals surface area (Å²) in [6.45, 7) is 5.67. The number of carbonyl (C=O) groups is 3. The van der Waals surface area contributed by atoms with Crippen LogP contribution in [0.4, 0.5) is 0 Å². The minimum atomic E-state index is -1.71. The van der Waals surface area contributed by atoms with Gasteiger partial charge in [-0.15, -0.1) is 0 Å². The van der Waals surface area contributed by atoms with Gasteiger partial charge in [0, 0.05) is 23.8 Å². The molecule has 170 valence electrons. The molecule has 0 heterocycles. The maximum absolute atomic E-state index is 13.0. The second-order valence-electron chi connectivity index (χ2n) is 9.35. The van der Waals surface area contributed by atoms with Crippen molar-refractivity contribution in [2.75, 3.05) is 0 Å². The van der Waals surface area contributed by atoms with E-state index in [1.807, 2.05) is 32.9 Å². The lowest BCUT2D eigenvalue weighted by Crippen LogP contribution is -2.47. The summed E-state index contributed by atoms with van der Waals surface area (Å²) in [5, 5.41) is 24.5. The van der Waals surface area contributed by atoms with Crippen LogP contribution in [-0.4, -0.2) is 34.1 Å². The summed E-state index contributed by atoms with van der Waals surface area (Å²) < 4.78 is 0. The topological polar surface area (TPSA) is 116 Å². The molecule has 7 nitrogen and oxygen atoms in total. The molecule has 2 atom stereocenters. The van der Waals surface area contributed by atoms with E-state index in [1.54, 1.807) is 18.2 Å². The molecule has 0 saturated carbocycles. The predicted octanol–water partition coefficient (Wildman–Crippen LogP) is 4.54. The van der Waals surface area contributed by atoms with Crippen molar-refractivity contribution in [3.05, 3.63) is 57.8 Å². The van der Waals surface area contributed by atoms with E-state index in [0.717, 1.165) is 17.4 Å². The van der Waals surface area contributed by atoms with Gasteiger partial charge in [0.15, 0.2) is 11.2 Å². The highest BCUT2D eigenvalue weighted by Crippen LogP contribution is 2.44. The first kappa shape index (κ1) is 23.7. The third kappa shape index (κ3) is 4.78. The van der Waals surface area contributed by atoms with Crippen molar-refractivity contribution in [2.24, 2.45) is 15.9 Å². The van der Waals surface area contributed by atoms with Crippen molar-refractivity contribution < 1.29 is 24.6 Å². The lowest BCUT2D eigenvalue weighted by Gasteiger charge is -2.35. The average molecular weight is 459 g/mol. The van der Waals surface area contributed by atoms with Crippen molar-refractivity contribution >= 4 is 35.5 Å². The number of Topliss-reactive ketones (excluding diaryl/α,β-unsaturated/α-hetero) is 1. The second kappa shape index (κ2) is 8.90. The Morgan fingerprint density at radius 2 is 1.88 bits per heavy atom. The molecule has 0 saturated heterocycles. The number of carboxylic acid groups (broad SMARTS) is 1. The quantitative estimate of drug-likeness (QED) is 0.259. The number of aliphatic hydroxyl groups excluding tert-OH is 1. The smallest absolute Gasteiger partial charge is 0.319 e. The van der Waals surface area contributed by atoms with Gasteiger partial charge in [0.25, 0.3) is 5.91 Å². The molecule has 0 spiro atoms. The number of hydrogen-bond donors (Lipinski definition) is 3. The standard InChI is InChI=1S/C24H27ClN2O5/c1-14-8-9-24(22(31)32,10-17(14)15-4-6-16(25)7-5-15)21(30)27-26-13-18-19(28)11-23(2,3)12-20(18)29/h4-8,13,17,28H,9-12H2,1-3H3,(H,27,30)(H,31,32)/b26-13-/t17-,24-/m0/s1. The van der Waals surface area contributed by atoms with Gasteiger partial charge in [-0.25, -0.2) is 5.43 Å². The number of amides is 1. The Kier molecular flexibility index (Phi) is 6.60. The Balaban J connectivity index is 1.81. The zero-order valence-electron chi connectivity index (χ0n) is 18.3. The molecule has 0 bridgehead atoms. The van der Waals surface area contributed by atoms with Gasteiger partial charge in [0.2, 0.25) is 0 Å². The number of hydrazone groups is 1. The molecule has 2 aliphatic rings. The van der Waals surface area contributed by atoms with E-state index in [2.05, 4.69) is 10.5 Å². The zero-order valence-corrected chi connectivity index (χ0v) is 19.1. The predicted molar refractivity (Wildman–Crippen MR) is 122 cm³/mol. The zero-order chi connectivity index (χ0) is 23.7. The van der Waals surface area contributed by atoms with Crippen molar-refractivity contribution in [1.82, 2.24) is 5.43 Å². The fourth-order valence-electron chi connectivity index (χ4n) is 4.31. The average Bonchev–Trinajstić information content (AvgIpc) is 2.70. The fourth-order valence-corrected chi connectivity index (χ4v) is 4.44. The molecule has 2 aliphatic carbocycles. The number of aliphatic hydroxyl groups is 1. The van der Waals surface area contributed by atoms with Gasteiger partial charge in [-0.05, 0) is 42.9 Å². The molecule has 0 aliphatic heterocycles. The number of ketones is 1. The molecule has 1 aromatic carbocycles. The number of nitrogens with zero attached hydrogens (tertiary/aromatic N) is 1. The molecule has 3 rings (SSSR count). The van der Waals surface area contributed by atoms with Crippen LogP contribution in [0.25, 0.3) is 0 Å². The van der Waals surface area contributed by atoms with Crippen LogP contribution < -0.4 is 5.43 Å². The van der Waals surface area contributed by atoms with E-state index in [0.29, 0.717) is 11.4 Å². The number of rotatable bonds is 5. The SMILES string of the molecule is CC1=CC[C@@](C(=O)O)(C(=O)N/N=C\C2=C(O)CC(C)(C)CC2=O)C[C@@H]1c1ccc(Cl)cc1. The van der Waals surface area contributed by atoms with Crippen molar-refractivity contribution in [2.45, 2.75) is 52.4 Å². The van der Waals surface area contributed by atoms with E-state index in [4.69, 9.17) is 11.6 Å². The van der Waals surface area contributed by atoms with Gasteiger partial charge >= 0.3 is 5.97 Å². The third-order valence-electron chi connectivity index (χ3n) is 6.25. The first-order valence-corrected chi connectivity index (χ1v) is 10.8. The van der Waals surface area contributed by atoms with Crippen LogP contribution in [0, 0.1) is 10.8 Å². The Morgan fingerprint density at radius 3 is 2.47 bits per heavy atom. The minimum Gasteiger partial charge on any atom is -0.511 e. The van der Waals surface area contributed by atoms with Crippen LogP contribution in [-0.2, 0) is 14.4 Å². The highest BCUT2D eigenvalue weighted by atomic mass is 35.5. The van der Waals surface area contributed by atoms with E-state index in [-0.39, 0.29) is 47.7 Å². The number of nitrogens with one attached hydrogen (secondary N) is 1. The molecule has 0 unspecified atom stereocenters. The van der Waals surface area contributed by atoms with Gasteiger partial charge < -0.3 is 10.2 Å². The van der Waals surface area contributed by atoms with Crippen LogP contribution in [0.15, 0.2) is 52.3 Å². The van der Waals surface area contributed by atoms with Gasteiger partial charge in [-0.2, -0.15) is 5.10 Å². The monoisotopic (exact) mass is 458 g/mol. The molecular formula is C24H27ClN2O5. The van der Waals surface area contributed by atoms with Crippen LogP contribution in [0.3, 0.4) is 0 Å². The summed E-state index contributed by atoms with van der Waals surface area (Å²) in [5.41, 5.74) is 2.10. The summed E-state index contributed by atoms with van der Waals surface area (Å²) in [5.74, 6) is -2.64. The number of hydrogen-bond acceptors (Lipinski definition) is 5. The highest BCUT2D eigenvalue weighted by molar-refractivity contribution is 6.30. The number of aliphatic carboxylic acids is 1. The molecule has 3 N–H and O–H groups in total. The van der Waals surface area contributed by atoms with Crippen LogP contribution in [0.1, 0.15) is 57.9 Å². The van der Waals surface area contributed by atoms with Gasteiger partial charge in [0.05, 0.1) is 11.8 Å². The van der Waals surface area contributed by atoms with E-state index in [9.17, 15) is 24.6 Å². The molecule has 1 aromatic rings. The Bertz CT molecular complexity index is 1040. The molecule has 0 radical (unpaired) electrons. The third-order valence-corrected chi connectivity index (χ3v) is 6.50. The summed E-state index contributed by atoms with van der Waals surface area (Å²) in [7, 11) is 0. The van der Waals surface area contributed by atoms with E-state index < -0.39 is 17.3 Å². The van der Waals surface area contributed by atoms with E-state index in [1.165, 1.54) is 0 Å². The van der Waals surface area contributed by atoms with Gasteiger partial charge in [0.1, 0.15) is 5.76 Å². The molecule has 0 fully saturated rings. The molecule has 32 heavy (non-hydrogen) atoms. The summed E-state index contributed by atoms with van der Waals surface area (Å²) >= 11 is 5.97. The van der Waals surface area contributed by atoms with Crippen molar-refractivity contribution in [3.63, 3.8) is 0 Å². The highest BCUT2D eigenvalue weighted by Gasteiger charge is 2.49. The maximum atomic E-state index is 13.0. The number of halogens is 1. The Morgan fingerprint density at radius 1 is 1.22 bits per heavy atom. The van der Waals surface area contributed by atoms with Crippen LogP contribution in [0.5, 0.6) is 0 Å². The molecule has 0 aromatic heterocycles. The fraction of sp³-hybridized carbons (Fsp3) is 0.417. The number of carboxylic acids is 1. The number of benzene rings is 1. The van der Waals surface area contributed by atoms with Crippen LogP contribution >= 0.6 is 11.6 Å². The Hall–Kier alpha value is -2.93. The normalized spacial score (nSPS) is 25.6. The van der Waals surface area contributed by atoms with Crippen molar-refractivity contribution in [3.8, 4) is 0 Å². The minimum absolute atomic E-state index is 0.0284.